The van der Waals surface area contributed by atoms with Crippen LogP contribution in [0.3, 0.4) is 0 Å². The summed E-state index contributed by atoms with van der Waals surface area (Å²) in [5.74, 6) is -0.482. The Bertz CT molecular complexity index is 356. The topological polar surface area (TPSA) is 29.3 Å². The molecular weight excluding hydrogens is 236 g/mol. The molecule has 0 saturated heterocycles. The van der Waals surface area contributed by atoms with Gasteiger partial charge in [-0.15, -0.1) is 0 Å². The van der Waals surface area contributed by atoms with Gasteiger partial charge in [0.25, 0.3) is 0 Å². The molecule has 2 nitrogen and oxygen atoms in total. The van der Waals surface area contributed by atoms with Gasteiger partial charge in [0.05, 0.1) is 6.42 Å². The highest BCUT2D eigenvalue weighted by atomic mass is 19.4. The lowest BCUT2D eigenvalue weighted by Crippen LogP contribution is -2.24. The summed E-state index contributed by atoms with van der Waals surface area (Å²) in [5, 5.41) is 0. The second-order valence-corrected chi connectivity index (χ2v) is 4.00. The number of halogens is 4. The molecule has 2 N–H and O–H groups in total. The Hall–Kier alpha value is -1.30. The fourth-order valence-corrected chi connectivity index (χ4v) is 1.48. The molecule has 0 aliphatic rings. The smallest absolute Gasteiger partial charge is 0.390 e. The first-order valence-electron chi connectivity index (χ1n) is 5.06. The maximum absolute atomic E-state index is 13.0. The van der Waals surface area contributed by atoms with Gasteiger partial charge in [-0.25, -0.2) is 4.39 Å². The molecule has 0 aliphatic heterocycles. The molecular formula is C11H14F4N2. The molecule has 0 aromatic heterocycles. The predicted molar refractivity (Wildman–Crippen MR) is 57.8 cm³/mol. The molecule has 1 rings (SSSR count). The van der Waals surface area contributed by atoms with E-state index in [1.807, 2.05) is 0 Å². The summed E-state index contributed by atoms with van der Waals surface area (Å²) in [6.07, 6.45) is -5.05. The second kappa shape index (κ2) is 5.35. The second-order valence-electron chi connectivity index (χ2n) is 4.00. The maximum atomic E-state index is 13.0. The first kappa shape index (κ1) is 13.8. The lowest BCUT2D eigenvalue weighted by Gasteiger charge is -2.18. The van der Waals surface area contributed by atoms with E-state index in [4.69, 9.17) is 5.73 Å². The Morgan fingerprint density at radius 3 is 2.41 bits per heavy atom. The van der Waals surface area contributed by atoms with Gasteiger partial charge in [-0.05, 0) is 30.8 Å². The lowest BCUT2D eigenvalue weighted by molar-refractivity contribution is -0.137. The molecule has 1 aromatic carbocycles. The summed E-state index contributed by atoms with van der Waals surface area (Å²) in [4.78, 5) is 1.47. The number of hydrogen-bond acceptors (Lipinski definition) is 2. The van der Waals surface area contributed by atoms with Crippen LogP contribution in [0.25, 0.3) is 0 Å². The van der Waals surface area contributed by atoms with Crippen molar-refractivity contribution in [2.75, 3.05) is 19.3 Å². The zero-order valence-electron chi connectivity index (χ0n) is 9.39. The Morgan fingerprint density at radius 2 is 1.88 bits per heavy atom. The molecule has 0 saturated carbocycles. The standard InChI is InChI=1S/C11H14F4N2/c1-17(3-2-11(13,14)15)7-8-4-9(12)6-10(16)5-8/h4-6H,2-3,7,16H2,1H3. The van der Waals surface area contributed by atoms with Crippen molar-refractivity contribution in [1.82, 2.24) is 4.90 Å². The first-order chi connectivity index (χ1) is 7.76. The highest BCUT2D eigenvalue weighted by Crippen LogP contribution is 2.20. The van der Waals surface area contributed by atoms with Crippen LogP contribution in [0.1, 0.15) is 12.0 Å². The van der Waals surface area contributed by atoms with Gasteiger partial charge in [-0.3, -0.25) is 0 Å². The van der Waals surface area contributed by atoms with E-state index in [0.29, 0.717) is 5.56 Å². The Balaban J connectivity index is 2.53. The van der Waals surface area contributed by atoms with Gasteiger partial charge in [0.2, 0.25) is 0 Å². The Kier molecular flexibility index (Phi) is 4.34. The van der Waals surface area contributed by atoms with Crippen LogP contribution < -0.4 is 5.73 Å². The van der Waals surface area contributed by atoms with E-state index in [1.165, 1.54) is 17.0 Å². The van der Waals surface area contributed by atoms with Crippen molar-refractivity contribution < 1.29 is 17.6 Å². The highest BCUT2D eigenvalue weighted by Gasteiger charge is 2.27. The Labute approximate surface area is 97.0 Å². The number of rotatable bonds is 4. The first-order valence-corrected chi connectivity index (χ1v) is 5.06. The van der Waals surface area contributed by atoms with E-state index in [-0.39, 0.29) is 18.8 Å². The van der Waals surface area contributed by atoms with Crippen molar-refractivity contribution in [1.29, 1.82) is 0 Å². The predicted octanol–water partition coefficient (Wildman–Crippen LogP) is 2.79. The summed E-state index contributed by atoms with van der Waals surface area (Å²) in [6, 6.07) is 3.98. The Morgan fingerprint density at radius 1 is 1.24 bits per heavy atom. The van der Waals surface area contributed by atoms with Crippen molar-refractivity contribution in [2.45, 2.75) is 19.1 Å². The third-order valence-electron chi connectivity index (χ3n) is 2.21. The van der Waals surface area contributed by atoms with E-state index in [1.54, 1.807) is 13.1 Å². The van der Waals surface area contributed by atoms with Gasteiger partial charge >= 0.3 is 6.18 Å². The number of alkyl halides is 3. The summed E-state index contributed by atoms with van der Waals surface area (Å²) in [5.41, 5.74) is 6.27. The van der Waals surface area contributed by atoms with E-state index >= 15 is 0 Å². The van der Waals surface area contributed by atoms with E-state index in [9.17, 15) is 17.6 Å². The van der Waals surface area contributed by atoms with Gasteiger partial charge in [0, 0.05) is 18.8 Å². The van der Waals surface area contributed by atoms with E-state index < -0.39 is 18.4 Å². The monoisotopic (exact) mass is 250 g/mol. The number of hydrogen-bond donors (Lipinski definition) is 1. The zero-order valence-corrected chi connectivity index (χ0v) is 9.39. The third kappa shape index (κ3) is 5.53. The quantitative estimate of drug-likeness (QED) is 0.657. The molecule has 0 bridgehead atoms. The minimum Gasteiger partial charge on any atom is -0.399 e. The molecule has 0 atom stereocenters. The minimum absolute atomic E-state index is 0.125. The molecule has 0 amide bonds. The summed E-state index contributed by atoms with van der Waals surface area (Å²) in [7, 11) is 1.55. The van der Waals surface area contributed by atoms with Gasteiger partial charge in [-0.2, -0.15) is 13.2 Å². The van der Waals surface area contributed by atoms with Crippen LogP contribution in [0.2, 0.25) is 0 Å². The van der Waals surface area contributed by atoms with Crippen LogP contribution in [-0.4, -0.2) is 24.7 Å². The molecule has 0 spiro atoms. The van der Waals surface area contributed by atoms with Gasteiger partial charge < -0.3 is 10.6 Å². The average Bonchev–Trinajstić information content (AvgIpc) is 2.11. The molecule has 0 unspecified atom stereocenters. The van der Waals surface area contributed by atoms with Crippen LogP contribution in [0.15, 0.2) is 18.2 Å². The summed E-state index contributed by atoms with van der Waals surface area (Å²) < 4.78 is 48.9. The molecule has 0 radical (unpaired) electrons. The number of anilines is 1. The van der Waals surface area contributed by atoms with Crippen molar-refractivity contribution in [3.05, 3.63) is 29.6 Å². The minimum atomic E-state index is -4.17. The van der Waals surface area contributed by atoms with Crippen LogP contribution in [0.4, 0.5) is 23.2 Å². The number of benzene rings is 1. The SMILES string of the molecule is CN(CCC(F)(F)F)Cc1cc(N)cc(F)c1. The van der Waals surface area contributed by atoms with Crippen molar-refractivity contribution in [3.63, 3.8) is 0 Å². The summed E-state index contributed by atoms with van der Waals surface area (Å²) in [6.45, 7) is 0.109. The molecule has 96 valence electrons. The molecule has 0 aliphatic carbocycles. The zero-order chi connectivity index (χ0) is 13.1. The maximum Gasteiger partial charge on any atom is 0.390 e. The van der Waals surface area contributed by atoms with Crippen LogP contribution >= 0.6 is 0 Å². The highest BCUT2D eigenvalue weighted by molar-refractivity contribution is 5.41. The van der Waals surface area contributed by atoms with Crippen LogP contribution in [0.5, 0.6) is 0 Å². The fourth-order valence-electron chi connectivity index (χ4n) is 1.48. The van der Waals surface area contributed by atoms with Crippen molar-refractivity contribution in [3.8, 4) is 0 Å². The lowest BCUT2D eigenvalue weighted by atomic mass is 10.2. The van der Waals surface area contributed by atoms with Crippen LogP contribution in [-0.2, 0) is 6.54 Å². The molecule has 1 aromatic rings. The number of nitrogen functional groups attached to an aromatic ring is 1. The number of nitrogens with two attached hydrogens (primary N) is 1. The van der Waals surface area contributed by atoms with Gasteiger partial charge in [0.1, 0.15) is 5.82 Å². The summed E-state index contributed by atoms with van der Waals surface area (Å²) >= 11 is 0. The average molecular weight is 250 g/mol. The number of nitrogens with zero attached hydrogens (tertiary/aromatic N) is 1. The fraction of sp³-hybridized carbons (Fsp3) is 0.455. The van der Waals surface area contributed by atoms with Gasteiger partial charge in [0.15, 0.2) is 0 Å². The molecule has 17 heavy (non-hydrogen) atoms. The molecule has 0 heterocycles. The van der Waals surface area contributed by atoms with E-state index in [2.05, 4.69) is 0 Å². The molecule has 6 heteroatoms. The normalized spacial score (nSPS) is 12.1. The van der Waals surface area contributed by atoms with Crippen LogP contribution in [0, 0.1) is 5.82 Å². The van der Waals surface area contributed by atoms with Crippen molar-refractivity contribution in [2.24, 2.45) is 0 Å². The van der Waals surface area contributed by atoms with Crippen molar-refractivity contribution >= 4 is 5.69 Å². The third-order valence-corrected chi connectivity index (χ3v) is 2.21. The van der Waals surface area contributed by atoms with E-state index in [0.717, 1.165) is 0 Å². The largest absolute Gasteiger partial charge is 0.399 e. The van der Waals surface area contributed by atoms with Gasteiger partial charge in [-0.1, -0.05) is 0 Å². The molecule has 0 fully saturated rings.